The van der Waals surface area contributed by atoms with Crippen LogP contribution in [0, 0.1) is 5.92 Å². The molecule has 0 bridgehead atoms. The van der Waals surface area contributed by atoms with Gasteiger partial charge in [0.15, 0.2) is 0 Å². The average Bonchev–Trinajstić information content (AvgIpc) is 2.70. The van der Waals surface area contributed by atoms with Gasteiger partial charge in [0.1, 0.15) is 0 Å². The first-order chi connectivity index (χ1) is 9.19. The Labute approximate surface area is 116 Å². The molecule has 0 amide bonds. The smallest absolute Gasteiger partial charge is 0.282 e. The lowest BCUT2D eigenvalue weighted by atomic mass is 9.94. The van der Waals surface area contributed by atoms with Crippen molar-refractivity contribution in [2.45, 2.75) is 44.6 Å². The zero-order valence-corrected chi connectivity index (χ0v) is 12.4. The minimum Gasteiger partial charge on any atom is -0.315 e. The summed E-state index contributed by atoms with van der Waals surface area (Å²) in [5.74, 6) is 0.524. The molecule has 3 fully saturated rings. The number of hydrogen-bond acceptors (Lipinski definition) is 3. The van der Waals surface area contributed by atoms with E-state index in [0.717, 1.165) is 32.4 Å². The molecule has 3 rings (SSSR count). The number of hydrogen-bond donors (Lipinski definition) is 1. The van der Waals surface area contributed by atoms with Crippen molar-refractivity contribution in [1.82, 2.24) is 13.9 Å². The van der Waals surface area contributed by atoms with E-state index in [9.17, 15) is 8.42 Å². The monoisotopic (exact) mass is 287 g/mol. The number of rotatable bonds is 2. The van der Waals surface area contributed by atoms with Gasteiger partial charge >= 0.3 is 0 Å². The number of nitrogens with zero attached hydrogens (tertiary/aromatic N) is 2. The van der Waals surface area contributed by atoms with Crippen molar-refractivity contribution >= 4 is 10.2 Å². The molecular weight excluding hydrogens is 262 g/mol. The summed E-state index contributed by atoms with van der Waals surface area (Å²) in [4.78, 5) is 0. The van der Waals surface area contributed by atoms with Crippen molar-refractivity contribution < 1.29 is 8.42 Å². The van der Waals surface area contributed by atoms with Crippen LogP contribution in [0.4, 0.5) is 0 Å². The van der Waals surface area contributed by atoms with E-state index in [1.54, 1.807) is 8.61 Å². The summed E-state index contributed by atoms with van der Waals surface area (Å²) in [7, 11) is -3.24. The molecule has 3 aliphatic heterocycles. The molecule has 0 aromatic rings. The third-order valence-corrected chi connectivity index (χ3v) is 6.88. The number of piperidine rings is 1. The fourth-order valence-electron chi connectivity index (χ4n) is 3.73. The Kier molecular flexibility index (Phi) is 4.12. The van der Waals surface area contributed by atoms with Gasteiger partial charge in [0.25, 0.3) is 10.2 Å². The Hall–Kier alpha value is -0.170. The van der Waals surface area contributed by atoms with Gasteiger partial charge in [0.05, 0.1) is 0 Å². The summed E-state index contributed by atoms with van der Waals surface area (Å²) in [5, 5.41) is 3.36. The minimum absolute atomic E-state index is 0.196. The van der Waals surface area contributed by atoms with Crippen molar-refractivity contribution in [3.63, 3.8) is 0 Å². The van der Waals surface area contributed by atoms with Crippen LogP contribution in [0.5, 0.6) is 0 Å². The lowest BCUT2D eigenvalue weighted by Crippen LogP contribution is -2.53. The molecule has 3 aliphatic rings. The highest BCUT2D eigenvalue weighted by Crippen LogP contribution is 2.30. The van der Waals surface area contributed by atoms with Crippen molar-refractivity contribution in [2.24, 2.45) is 5.92 Å². The lowest BCUT2D eigenvalue weighted by molar-refractivity contribution is 0.202. The zero-order chi connectivity index (χ0) is 13.3. The third kappa shape index (κ3) is 2.68. The van der Waals surface area contributed by atoms with Gasteiger partial charge in [-0.25, -0.2) is 0 Å². The van der Waals surface area contributed by atoms with Crippen molar-refractivity contribution in [3.05, 3.63) is 0 Å². The molecule has 3 heterocycles. The average molecular weight is 287 g/mol. The standard InChI is InChI=1S/C13H25N3O2S/c17-19(18,15-7-3-1-2-4-8-15)16-9-5-6-12-10-14-11-13(12)16/h12-14H,1-11H2/t12-,13+/m0/s1. The second-order valence-corrected chi connectivity index (χ2v) is 7.94. The Morgan fingerprint density at radius 1 is 0.895 bits per heavy atom. The maximum absolute atomic E-state index is 12.9. The van der Waals surface area contributed by atoms with Crippen molar-refractivity contribution in [1.29, 1.82) is 0 Å². The highest BCUT2D eigenvalue weighted by atomic mass is 32.2. The van der Waals surface area contributed by atoms with E-state index in [2.05, 4.69) is 5.32 Å². The first-order valence-electron chi connectivity index (χ1n) is 7.67. The van der Waals surface area contributed by atoms with Crippen LogP contribution in [0.1, 0.15) is 38.5 Å². The highest BCUT2D eigenvalue weighted by molar-refractivity contribution is 7.86. The third-order valence-electron chi connectivity index (χ3n) is 4.82. The number of nitrogens with one attached hydrogen (secondary N) is 1. The zero-order valence-electron chi connectivity index (χ0n) is 11.6. The molecule has 1 N–H and O–H groups in total. The van der Waals surface area contributed by atoms with Crippen molar-refractivity contribution in [3.8, 4) is 0 Å². The first kappa shape index (κ1) is 13.8. The molecule has 0 aromatic carbocycles. The molecule has 110 valence electrons. The van der Waals surface area contributed by atoms with E-state index in [1.807, 2.05) is 0 Å². The summed E-state index contributed by atoms with van der Waals surface area (Å²) < 4.78 is 29.3. The molecule has 6 heteroatoms. The Bertz CT molecular complexity index is 404. The van der Waals surface area contributed by atoms with Gasteiger partial charge in [-0.15, -0.1) is 0 Å². The van der Waals surface area contributed by atoms with Crippen molar-refractivity contribution in [2.75, 3.05) is 32.7 Å². The summed E-state index contributed by atoms with van der Waals surface area (Å²) >= 11 is 0. The van der Waals surface area contributed by atoms with Gasteiger partial charge in [-0.2, -0.15) is 17.0 Å². The van der Waals surface area contributed by atoms with Gasteiger partial charge in [-0.3, -0.25) is 0 Å². The second-order valence-electron chi connectivity index (χ2n) is 6.06. The molecule has 5 nitrogen and oxygen atoms in total. The molecule has 0 radical (unpaired) electrons. The minimum atomic E-state index is -3.24. The van der Waals surface area contributed by atoms with Crippen LogP contribution < -0.4 is 5.32 Å². The predicted octanol–water partition coefficient (Wildman–Crippen LogP) is 0.791. The van der Waals surface area contributed by atoms with E-state index >= 15 is 0 Å². The molecule has 0 aliphatic carbocycles. The quantitative estimate of drug-likeness (QED) is 0.817. The van der Waals surface area contributed by atoms with E-state index in [1.165, 1.54) is 19.3 Å². The van der Waals surface area contributed by atoms with Crippen LogP contribution in [-0.4, -0.2) is 55.8 Å². The van der Waals surface area contributed by atoms with Crippen LogP contribution >= 0.6 is 0 Å². The fraction of sp³-hybridized carbons (Fsp3) is 1.00. The molecule has 0 spiro atoms. The topological polar surface area (TPSA) is 52.7 Å². The predicted molar refractivity (Wildman–Crippen MR) is 75.0 cm³/mol. The first-order valence-corrected chi connectivity index (χ1v) is 9.07. The fourth-order valence-corrected chi connectivity index (χ4v) is 5.70. The van der Waals surface area contributed by atoms with Gasteiger partial charge in [-0.05, 0) is 38.1 Å². The summed E-state index contributed by atoms with van der Waals surface area (Å²) in [6, 6.07) is 0.196. The van der Waals surface area contributed by atoms with Gasteiger partial charge in [0, 0.05) is 32.2 Å². The van der Waals surface area contributed by atoms with E-state index in [0.29, 0.717) is 25.6 Å². The number of fused-ring (bicyclic) bond motifs is 1. The van der Waals surface area contributed by atoms with Crippen LogP contribution in [0.25, 0.3) is 0 Å². The van der Waals surface area contributed by atoms with E-state index in [-0.39, 0.29) is 6.04 Å². The lowest BCUT2D eigenvalue weighted by Gasteiger charge is -2.38. The Balaban J connectivity index is 1.78. The molecule has 0 unspecified atom stereocenters. The SMILES string of the molecule is O=S(=O)(N1CCCCCC1)N1CCC[C@H]2CNC[C@H]21. The molecule has 0 saturated carbocycles. The second kappa shape index (κ2) is 5.68. The maximum atomic E-state index is 12.9. The summed E-state index contributed by atoms with van der Waals surface area (Å²) in [6.45, 7) is 3.95. The van der Waals surface area contributed by atoms with Crippen LogP contribution in [0.15, 0.2) is 0 Å². The van der Waals surface area contributed by atoms with Crippen LogP contribution in [-0.2, 0) is 10.2 Å². The highest BCUT2D eigenvalue weighted by Gasteiger charge is 2.42. The van der Waals surface area contributed by atoms with Gasteiger partial charge in [0.2, 0.25) is 0 Å². The summed E-state index contributed by atoms with van der Waals surface area (Å²) in [6.07, 6.45) is 6.54. The normalized spacial score (nSPS) is 34.9. The Morgan fingerprint density at radius 2 is 1.63 bits per heavy atom. The van der Waals surface area contributed by atoms with Crippen LogP contribution in [0.3, 0.4) is 0 Å². The largest absolute Gasteiger partial charge is 0.315 e. The summed E-state index contributed by atoms with van der Waals surface area (Å²) in [5.41, 5.74) is 0. The molecule has 3 saturated heterocycles. The maximum Gasteiger partial charge on any atom is 0.282 e. The van der Waals surface area contributed by atoms with E-state index < -0.39 is 10.2 Å². The molecule has 19 heavy (non-hydrogen) atoms. The van der Waals surface area contributed by atoms with E-state index in [4.69, 9.17) is 0 Å². The molecule has 2 atom stereocenters. The molecular formula is C13H25N3O2S. The van der Waals surface area contributed by atoms with Crippen LogP contribution in [0.2, 0.25) is 0 Å². The molecule has 0 aromatic heterocycles. The Morgan fingerprint density at radius 3 is 2.37 bits per heavy atom. The van der Waals surface area contributed by atoms with Gasteiger partial charge < -0.3 is 5.32 Å². The van der Waals surface area contributed by atoms with Gasteiger partial charge in [-0.1, -0.05) is 12.8 Å².